The molecule has 6 nitrogen and oxygen atoms in total. The molecule has 0 aliphatic heterocycles. The molecule has 1 saturated carbocycles. The Labute approximate surface area is 170 Å². The Bertz CT molecular complexity index is 935. The van der Waals surface area contributed by atoms with Gasteiger partial charge in [-0.15, -0.1) is 6.58 Å². The summed E-state index contributed by atoms with van der Waals surface area (Å²) in [7, 11) is 1.37. The molecule has 0 bridgehead atoms. The quantitative estimate of drug-likeness (QED) is 0.608. The van der Waals surface area contributed by atoms with Crippen LogP contribution < -0.4 is 0 Å². The lowest BCUT2D eigenvalue weighted by Gasteiger charge is -2.57. The number of esters is 1. The molecule has 0 spiro atoms. The van der Waals surface area contributed by atoms with Crippen LogP contribution in [0.3, 0.4) is 0 Å². The highest BCUT2D eigenvalue weighted by Gasteiger charge is 2.63. The lowest BCUT2D eigenvalue weighted by molar-refractivity contribution is -0.214. The lowest BCUT2D eigenvalue weighted by Crippen LogP contribution is -2.62. The van der Waals surface area contributed by atoms with Crippen LogP contribution in [-0.2, 0) is 22.2 Å². The van der Waals surface area contributed by atoms with Gasteiger partial charge in [-0.3, -0.25) is 0 Å². The van der Waals surface area contributed by atoms with Crippen molar-refractivity contribution in [3.63, 3.8) is 0 Å². The average Bonchev–Trinajstić information content (AvgIpc) is 3.23. The summed E-state index contributed by atoms with van der Waals surface area (Å²) in [5.74, 6) is -0.0998. The SMILES string of the molecule is C=CCC12CC(C)(O)C(O)(c3ncco3)C[C@H]1CCc1cc(C(=O)OC)ccc12. The highest BCUT2D eigenvalue weighted by Crippen LogP contribution is 2.59. The molecule has 4 atom stereocenters. The Balaban J connectivity index is 1.82. The lowest BCUT2D eigenvalue weighted by atomic mass is 9.49. The Morgan fingerprint density at radius 1 is 1.45 bits per heavy atom. The van der Waals surface area contributed by atoms with Crippen molar-refractivity contribution in [1.29, 1.82) is 0 Å². The number of carbonyl (C=O) groups is 1. The number of benzene rings is 1. The minimum Gasteiger partial charge on any atom is -0.465 e. The van der Waals surface area contributed by atoms with Crippen molar-refractivity contribution < 1.29 is 24.2 Å². The van der Waals surface area contributed by atoms with E-state index in [1.165, 1.54) is 19.6 Å². The number of methoxy groups -OCH3 is 1. The smallest absolute Gasteiger partial charge is 0.337 e. The fourth-order valence-electron chi connectivity index (χ4n) is 5.58. The summed E-state index contributed by atoms with van der Waals surface area (Å²) in [6.07, 6.45) is 7.73. The third-order valence-electron chi connectivity index (χ3n) is 6.99. The summed E-state index contributed by atoms with van der Waals surface area (Å²) in [6, 6.07) is 5.65. The minimum absolute atomic E-state index is 0.106. The first-order chi connectivity index (χ1) is 13.8. The van der Waals surface area contributed by atoms with Gasteiger partial charge < -0.3 is 19.4 Å². The molecule has 1 heterocycles. The molecule has 2 N–H and O–H groups in total. The van der Waals surface area contributed by atoms with E-state index in [0.717, 1.165) is 24.0 Å². The van der Waals surface area contributed by atoms with E-state index in [-0.39, 0.29) is 23.2 Å². The topological polar surface area (TPSA) is 92.8 Å². The van der Waals surface area contributed by atoms with Gasteiger partial charge in [0.1, 0.15) is 11.9 Å². The van der Waals surface area contributed by atoms with Crippen LogP contribution in [0.5, 0.6) is 0 Å². The zero-order chi connectivity index (χ0) is 20.9. The number of fused-ring (bicyclic) bond motifs is 3. The molecular weight excluding hydrogens is 370 g/mol. The van der Waals surface area contributed by atoms with E-state index in [2.05, 4.69) is 11.6 Å². The predicted octanol–water partition coefficient (Wildman–Crippen LogP) is 3.27. The van der Waals surface area contributed by atoms with Crippen LogP contribution in [0.1, 0.15) is 60.0 Å². The number of ether oxygens (including phenoxy) is 1. The van der Waals surface area contributed by atoms with Crippen molar-refractivity contribution in [2.24, 2.45) is 5.92 Å². The fourth-order valence-corrected chi connectivity index (χ4v) is 5.58. The van der Waals surface area contributed by atoms with Gasteiger partial charge in [-0.05, 0) is 68.2 Å². The molecule has 2 aliphatic carbocycles. The van der Waals surface area contributed by atoms with E-state index in [4.69, 9.17) is 9.15 Å². The number of carbonyl (C=O) groups excluding carboxylic acids is 1. The molecule has 3 unspecified atom stereocenters. The molecule has 1 aromatic heterocycles. The first-order valence-corrected chi connectivity index (χ1v) is 9.95. The minimum atomic E-state index is -1.56. The molecule has 0 saturated heterocycles. The number of nitrogens with zero attached hydrogens (tertiary/aromatic N) is 1. The van der Waals surface area contributed by atoms with E-state index in [1.807, 2.05) is 18.2 Å². The zero-order valence-corrected chi connectivity index (χ0v) is 16.9. The van der Waals surface area contributed by atoms with Crippen LogP contribution in [0.15, 0.2) is 47.7 Å². The Morgan fingerprint density at radius 2 is 2.24 bits per heavy atom. The molecule has 0 amide bonds. The number of hydrogen-bond acceptors (Lipinski definition) is 6. The van der Waals surface area contributed by atoms with Gasteiger partial charge >= 0.3 is 5.97 Å². The first kappa shape index (κ1) is 19.9. The van der Waals surface area contributed by atoms with Gasteiger partial charge in [0.25, 0.3) is 0 Å². The van der Waals surface area contributed by atoms with Crippen LogP contribution in [0.4, 0.5) is 0 Å². The maximum Gasteiger partial charge on any atom is 0.337 e. The largest absolute Gasteiger partial charge is 0.465 e. The van der Waals surface area contributed by atoms with E-state index < -0.39 is 11.2 Å². The van der Waals surface area contributed by atoms with E-state index in [9.17, 15) is 15.0 Å². The second kappa shape index (κ2) is 6.82. The summed E-state index contributed by atoms with van der Waals surface area (Å²) in [6.45, 7) is 5.61. The molecule has 154 valence electrons. The summed E-state index contributed by atoms with van der Waals surface area (Å²) in [5, 5.41) is 22.9. The average molecular weight is 397 g/mol. The monoisotopic (exact) mass is 397 g/mol. The predicted molar refractivity (Wildman–Crippen MR) is 106 cm³/mol. The highest BCUT2D eigenvalue weighted by molar-refractivity contribution is 5.89. The Kier molecular flexibility index (Phi) is 4.67. The van der Waals surface area contributed by atoms with Crippen molar-refractivity contribution in [1.82, 2.24) is 4.98 Å². The number of aromatic nitrogens is 1. The second-order valence-corrected chi connectivity index (χ2v) is 8.60. The third kappa shape index (κ3) is 2.85. The molecule has 29 heavy (non-hydrogen) atoms. The van der Waals surface area contributed by atoms with Crippen LogP contribution in [-0.4, -0.2) is 33.9 Å². The molecule has 2 aliphatic rings. The van der Waals surface area contributed by atoms with Crippen molar-refractivity contribution in [3.8, 4) is 0 Å². The first-order valence-electron chi connectivity index (χ1n) is 9.95. The Hall–Kier alpha value is -2.44. The van der Waals surface area contributed by atoms with Gasteiger partial charge in [0, 0.05) is 5.41 Å². The van der Waals surface area contributed by atoms with Crippen LogP contribution in [0.2, 0.25) is 0 Å². The maximum atomic E-state index is 12.0. The van der Waals surface area contributed by atoms with Crippen LogP contribution in [0.25, 0.3) is 0 Å². The van der Waals surface area contributed by atoms with Gasteiger partial charge in [-0.1, -0.05) is 12.1 Å². The number of aliphatic hydroxyl groups is 2. The number of hydrogen-bond donors (Lipinski definition) is 2. The maximum absolute atomic E-state index is 12.0. The van der Waals surface area contributed by atoms with Crippen molar-refractivity contribution >= 4 is 5.97 Å². The van der Waals surface area contributed by atoms with Crippen LogP contribution in [0, 0.1) is 5.92 Å². The zero-order valence-electron chi connectivity index (χ0n) is 16.9. The molecule has 2 aromatic rings. The highest BCUT2D eigenvalue weighted by atomic mass is 16.5. The van der Waals surface area contributed by atoms with E-state index in [0.29, 0.717) is 24.8 Å². The van der Waals surface area contributed by atoms with Crippen molar-refractivity contribution in [3.05, 3.63) is 65.9 Å². The number of oxazole rings is 1. The second-order valence-electron chi connectivity index (χ2n) is 8.60. The molecule has 4 rings (SSSR count). The molecule has 1 fully saturated rings. The third-order valence-corrected chi connectivity index (χ3v) is 6.99. The fraction of sp³-hybridized carbons (Fsp3) is 0.478. The number of rotatable bonds is 4. The van der Waals surface area contributed by atoms with Gasteiger partial charge in [0.15, 0.2) is 5.60 Å². The molecule has 6 heteroatoms. The number of allylic oxidation sites excluding steroid dienone is 1. The summed E-state index contributed by atoms with van der Waals surface area (Å²) in [5.41, 5.74) is -0.675. The van der Waals surface area contributed by atoms with Gasteiger partial charge in [-0.25, -0.2) is 9.78 Å². The van der Waals surface area contributed by atoms with E-state index >= 15 is 0 Å². The molecule has 0 radical (unpaired) electrons. The van der Waals surface area contributed by atoms with Gasteiger partial charge in [-0.2, -0.15) is 0 Å². The van der Waals surface area contributed by atoms with Crippen molar-refractivity contribution in [2.45, 2.75) is 55.6 Å². The normalized spacial score (nSPS) is 33.4. The van der Waals surface area contributed by atoms with Gasteiger partial charge in [0.2, 0.25) is 5.89 Å². The summed E-state index contributed by atoms with van der Waals surface area (Å²) >= 11 is 0. The standard InChI is InChI=1S/C23H27NO5/c1-4-9-22-14-21(2,26)23(27,20-24-10-11-29-20)13-17(22)7-5-15-12-16(19(25)28-3)6-8-18(15)22/h4,6,8,10-12,17,26-27H,1,5,7,9,13-14H2,2-3H3/t17-,21?,22?,23?/m1/s1. The van der Waals surface area contributed by atoms with Gasteiger partial charge in [0.05, 0.1) is 18.9 Å². The van der Waals surface area contributed by atoms with E-state index in [1.54, 1.807) is 13.0 Å². The molecular formula is C23H27NO5. The Morgan fingerprint density at radius 3 is 2.90 bits per heavy atom. The van der Waals surface area contributed by atoms with Crippen LogP contribution >= 0.6 is 0 Å². The number of aryl methyl sites for hydroxylation is 1. The van der Waals surface area contributed by atoms with Crippen molar-refractivity contribution in [2.75, 3.05) is 7.11 Å². The summed E-state index contributed by atoms with van der Waals surface area (Å²) < 4.78 is 10.3. The summed E-state index contributed by atoms with van der Waals surface area (Å²) in [4.78, 5) is 16.1. The molecule has 1 aromatic carbocycles.